The van der Waals surface area contributed by atoms with Gasteiger partial charge in [0.15, 0.2) is 21.4 Å². The SMILES string of the molecule is [11CH3]S(=O)(=O)c1ccc(-c2nc(NCc3cccs3)cc(C(F)(F)F)n2)cc1. The molecule has 0 aliphatic carbocycles. The summed E-state index contributed by atoms with van der Waals surface area (Å²) < 4.78 is 62.7. The smallest absolute Gasteiger partial charge is 0.365 e. The molecule has 5 nitrogen and oxygen atoms in total. The number of hydrogen-bond donors (Lipinski definition) is 1. The molecule has 0 fully saturated rings. The van der Waals surface area contributed by atoms with Gasteiger partial charge in [-0.3, -0.25) is 0 Å². The molecule has 0 atom stereocenters. The maximum absolute atomic E-state index is 13.2. The number of sulfone groups is 1. The predicted molar refractivity (Wildman–Crippen MR) is 97.2 cm³/mol. The summed E-state index contributed by atoms with van der Waals surface area (Å²) in [4.78, 5) is 8.74. The zero-order chi connectivity index (χ0) is 19.7. The molecule has 10 heteroatoms. The summed E-state index contributed by atoms with van der Waals surface area (Å²) in [5.41, 5.74) is -0.791. The van der Waals surface area contributed by atoms with Gasteiger partial charge in [-0.05, 0) is 35.7 Å². The van der Waals surface area contributed by atoms with Gasteiger partial charge in [0.05, 0.1) is 11.4 Å². The van der Waals surface area contributed by atoms with Gasteiger partial charge in [-0.15, -0.1) is 11.3 Å². The third-order valence-electron chi connectivity index (χ3n) is 3.58. The van der Waals surface area contributed by atoms with Gasteiger partial charge in [-0.2, -0.15) is 13.2 Å². The second-order valence-electron chi connectivity index (χ2n) is 5.69. The number of rotatable bonds is 5. The zero-order valence-electron chi connectivity index (χ0n) is 14.0. The van der Waals surface area contributed by atoms with E-state index in [9.17, 15) is 21.6 Å². The van der Waals surface area contributed by atoms with Crippen LogP contribution < -0.4 is 5.32 Å². The van der Waals surface area contributed by atoms with E-state index in [1.54, 1.807) is 0 Å². The Morgan fingerprint density at radius 3 is 2.37 bits per heavy atom. The van der Waals surface area contributed by atoms with Crippen molar-refractivity contribution < 1.29 is 21.6 Å². The molecule has 2 heterocycles. The van der Waals surface area contributed by atoms with Crippen LogP contribution in [0.15, 0.2) is 52.7 Å². The highest BCUT2D eigenvalue weighted by Gasteiger charge is 2.33. The van der Waals surface area contributed by atoms with E-state index in [1.165, 1.54) is 35.6 Å². The van der Waals surface area contributed by atoms with Gasteiger partial charge in [0.1, 0.15) is 5.82 Å². The van der Waals surface area contributed by atoms with Crippen LogP contribution in [0.1, 0.15) is 10.6 Å². The number of thiophene rings is 1. The Balaban J connectivity index is 1.97. The van der Waals surface area contributed by atoms with E-state index in [0.29, 0.717) is 6.54 Å². The van der Waals surface area contributed by atoms with E-state index in [0.717, 1.165) is 17.2 Å². The number of halogens is 3. The number of hydrogen-bond acceptors (Lipinski definition) is 6. The van der Waals surface area contributed by atoms with Crippen molar-refractivity contribution in [2.75, 3.05) is 11.6 Å². The average molecular weight is 412 g/mol. The summed E-state index contributed by atoms with van der Waals surface area (Å²) in [6.07, 6.45) is -3.58. The van der Waals surface area contributed by atoms with Gasteiger partial charge >= 0.3 is 6.18 Å². The molecule has 1 N–H and O–H groups in total. The van der Waals surface area contributed by atoms with Crippen LogP contribution in [0, 0.1) is 0 Å². The number of benzene rings is 1. The van der Waals surface area contributed by atoms with Crippen LogP contribution in [0.5, 0.6) is 0 Å². The minimum atomic E-state index is -4.64. The quantitative estimate of drug-likeness (QED) is 0.679. The van der Waals surface area contributed by atoms with Crippen LogP contribution in [-0.4, -0.2) is 24.6 Å². The van der Waals surface area contributed by atoms with Crippen LogP contribution in [-0.2, 0) is 22.6 Å². The standard InChI is InChI=1S/C17H14F3N3O2S2/c1-27(24,25)13-6-4-11(5-7-13)16-22-14(17(18,19)20)9-15(23-16)21-10-12-3-2-8-26-12/h2-9H,10H2,1H3,(H,21,22,23)/i1-1. The summed E-state index contributed by atoms with van der Waals surface area (Å²) in [6, 6.07) is 9.94. The minimum absolute atomic E-state index is 0.0351. The topological polar surface area (TPSA) is 72.0 Å². The van der Waals surface area contributed by atoms with E-state index in [1.807, 2.05) is 17.5 Å². The van der Waals surface area contributed by atoms with Crippen molar-refractivity contribution in [2.24, 2.45) is 0 Å². The molecule has 0 radical (unpaired) electrons. The highest BCUT2D eigenvalue weighted by Crippen LogP contribution is 2.31. The predicted octanol–water partition coefficient (Wildman–Crippen LogP) is 4.24. The van der Waals surface area contributed by atoms with Crippen molar-refractivity contribution in [3.8, 4) is 11.4 Å². The highest BCUT2D eigenvalue weighted by molar-refractivity contribution is 7.90. The zero-order valence-corrected chi connectivity index (χ0v) is 15.6. The van der Waals surface area contributed by atoms with E-state index >= 15 is 0 Å². The monoisotopic (exact) mass is 412 g/mol. The normalized spacial score (nSPS) is 12.1. The first-order valence-corrected chi connectivity index (χ1v) is 10.4. The van der Waals surface area contributed by atoms with Gasteiger partial charge in [-0.25, -0.2) is 18.4 Å². The van der Waals surface area contributed by atoms with E-state index < -0.39 is 21.7 Å². The number of aromatic nitrogens is 2. The molecule has 0 aliphatic rings. The van der Waals surface area contributed by atoms with E-state index in [4.69, 9.17) is 0 Å². The molecule has 0 unspecified atom stereocenters. The molecule has 0 amide bonds. The van der Waals surface area contributed by atoms with Crippen molar-refractivity contribution >= 4 is 27.0 Å². The van der Waals surface area contributed by atoms with Gasteiger partial charge in [0, 0.05) is 22.8 Å². The van der Waals surface area contributed by atoms with Crippen LogP contribution >= 0.6 is 11.3 Å². The molecule has 0 aliphatic heterocycles. The van der Waals surface area contributed by atoms with E-state index in [-0.39, 0.29) is 22.1 Å². The molecule has 3 rings (SSSR count). The molecule has 0 saturated carbocycles. The lowest BCUT2D eigenvalue weighted by Gasteiger charge is -2.12. The Morgan fingerprint density at radius 2 is 1.81 bits per heavy atom. The first-order valence-electron chi connectivity index (χ1n) is 7.66. The summed E-state index contributed by atoms with van der Waals surface area (Å²) >= 11 is 1.47. The van der Waals surface area contributed by atoms with Crippen molar-refractivity contribution in [3.05, 3.63) is 58.4 Å². The summed E-state index contributed by atoms with van der Waals surface area (Å²) in [7, 11) is -3.41. The molecule has 3 aromatic rings. The Labute approximate surface area is 157 Å². The number of alkyl halides is 3. The second-order valence-corrected chi connectivity index (χ2v) is 8.74. The lowest BCUT2D eigenvalue weighted by atomic mass is 10.2. The van der Waals surface area contributed by atoms with E-state index in [2.05, 4.69) is 15.3 Å². The van der Waals surface area contributed by atoms with Crippen LogP contribution in [0.2, 0.25) is 0 Å². The molecule has 142 valence electrons. The summed E-state index contributed by atoms with van der Waals surface area (Å²) in [6.45, 7) is 0.332. The van der Waals surface area contributed by atoms with Crippen molar-refractivity contribution in [2.45, 2.75) is 17.6 Å². The Hall–Kier alpha value is -2.46. The third kappa shape index (κ3) is 4.83. The first-order chi connectivity index (χ1) is 12.6. The van der Waals surface area contributed by atoms with Crippen molar-refractivity contribution in [1.82, 2.24) is 9.97 Å². The molecular weight excluding hydrogens is 398 g/mol. The highest BCUT2D eigenvalue weighted by atomic mass is 32.2. The van der Waals surface area contributed by atoms with Crippen LogP contribution in [0.3, 0.4) is 0 Å². The molecule has 0 saturated heterocycles. The maximum atomic E-state index is 13.2. The Bertz CT molecular complexity index is 1030. The fourth-order valence-corrected chi connectivity index (χ4v) is 3.53. The summed E-state index contributed by atoms with van der Waals surface area (Å²) in [5, 5.41) is 4.74. The number of anilines is 1. The van der Waals surface area contributed by atoms with Crippen LogP contribution in [0.4, 0.5) is 19.0 Å². The second kappa shape index (κ2) is 7.28. The lowest BCUT2D eigenvalue weighted by molar-refractivity contribution is -0.141. The van der Waals surface area contributed by atoms with Gasteiger partial charge in [0.2, 0.25) is 0 Å². The Kier molecular flexibility index (Phi) is 5.20. The lowest BCUT2D eigenvalue weighted by Crippen LogP contribution is -2.12. The van der Waals surface area contributed by atoms with Crippen molar-refractivity contribution in [3.63, 3.8) is 0 Å². The van der Waals surface area contributed by atoms with Gasteiger partial charge in [-0.1, -0.05) is 6.07 Å². The van der Waals surface area contributed by atoms with Crippen molar-refractivity contribution in [1.29, 1.82) is 0 Å². The van der Waals surface area contributed by atoms with Gasteiger partial charge < -0.3 is 5.32 Å². The maximum Gasteiger partial charge on any atom is 0.433 e. The Morgan fingerprint density at radius 1 is 1.11 bits per heavy atom. The molecule has 2 aromatic heterocycles. The largest absolute Gasteiger partial charge is 0.433 e. The average Bonchev–Trinajstić information content (AvgIpc) is 3.12. The fraction of sp³-hybridized carbons (Fsp3) is 0.176. The molecule has 0 spiro atoms. The van der Waals surface area contributed by atoms with Crippen LogP contribution in [0.25, 0.3) is 11.4 Å². The molecular formula is C17H14F3N3O2S2. The number of nitrogens with zero attached hydrogens (tertiary/aromatic N) is 2. The molecule has 27 heavy (non-hydrogen) atoms. The third-order valence-corrected chi connectivity index (χ3v) is 5.59. The first kappa shape index (κ1) is 19.3. The molecule has 1 aromatic carbocycles. The fourth-order valence-electron chi connectivity index (χ4n) is 2.25. The summed E-state index contributed by atoms with van der Waals surface area (Å²) in [5.74, 6) is -0.105. The molecule has 0 bridgehead atoms. The minimum Gasteiger partial charge on any atom is -0.365 e. The number of nitrogens with one attached hydrogen (secondary N) is 1. The van der Waals surface area contributed by atoms with Gasteiger partial charge in [0.25, 0.3) is 0 Å².